The Morgan fingerprint density at radius 3 is 2.22 bits per heavy atom. The van der Waals surface area contributed by atoms with Crippen molar-refractivity contribution in [1.82, 2.24) is 9.88 Å². The third kappa shape index (κ3) is 1.26. The van der Waals surface area contributed by atoms with Crippen molar-refractivity contribution in [2.45, 2.75) is 0 Å². The molecule has 1 aromatic heterocycles. The Kier molecular flexibility index (Phi) is 2.80. The lowest BCUT2D eigenvalue weighted by Gasteiger charge is -3.09. The van der Waals surface area contributed by atoms with E-state index in [-0.39, 0.29) is 29.1 Å². The summed E-state index contributed by atoms with van der Waals surface area (Å²) >= 11 is 0. The summed E-state index contributed by atoms with van der Waals surface area (Å²) in [7, 11) is 3.66. The molecule has 0 spiro atoms. The number of carbonyl (C=O) groups excluding carboxylic acids is 2. The zero-order chi connectivity index (χ0) is 19.3. The second-order valence-corrected chi connectivity index (χ2v) is 8.31. The minimum absolute atomic E-state index is 0.0429. The van der Waals surface area contributed by atoms with Crippen molar-refractivity contribution in [2.24, 2.45) is 46.3 Å². The van der Waals surface area contributed by atoms with Gasteiger partial charge in [0.15, 0.2) is 0 Å². The second-order valence-electron chi connectivity index (χ2n) is 8.31. The zero-order valence-corrected chi connectivity index (χ0v) is 14.8. The number of rotatable bonds is 3. The molecule has 2 N–H and O–H groups in total. The van der Waals surface area contributed by atoms with Crippen molar-refractivity contribution in [2.75, 3.05) is 19.4 Å². The van der Waals surface area contributed by atoms with Crippen LogP contribution in [-0.4, -0.2) is 47.4 Å². The Morgan fingerprint density at radius 1 is 1.22 bits per heavy atom. The van der Waals surface area contributed by atoms with E-state index in [4.69, 9.17) is 15.2 Å². The second kappa shape index (κ2) is 4.66. The van der Waals surface area contributed by atoms with Gasteiger partial charge in [0.2, 0.25) is 11.8 Å². The van der Waals surface area contributed by atoms with Crippen LogP contribution in [0.25, 0.3) is 0 Å². The van der Waals surface area contributed by atoms with Gasteiger partial charge in [-0.05, 0) is 41.6 Å². The molecular formula is C19H18N4O4. The minimum atomic E-state index is -0.250. The van der Waals surface area contributed by atoms with Gasteiger partial charge in [-0.2, -0.15) is 5.26 Å². The SMILES string of the molecule is CN(C)C(=O)C12C3C4C1C1C2C3C41C(=O)Nc1cnccc1C#N.O=CO. The van der Waals surface area contributed by atoms with Crippen LogP contribution in [0, 0.1) is 57.7 Å². The number of hydrogen-bond acceptors (Lipinski definition) is 5. The molecule has 0 unspecified atom stereocenters. The number of pyridine rings is 1. The van der Waals surface area contributed by atoms with Crippen LogP contribution in [0.2, 0.25) is 0 Å². The standard InChI is InChI=1S/C18H16N4O2.CH2O2/c1-22(2)16(24)18-12-9-13(18)11-14(18)10(12)17(9,11)15(23)21-8-6-20-4-3-7(8)5-19;2-1-3/h3-4,6,9-14H,1-2H3,(H,21,23);1H,(H,2,3). The summed E-state index contributed by atoms with van der Waals surface area (Å²) in [5, 5.41) is 19.0. The van der Waals surface area contributed by atoms with E-state index in [2.05, 4.69) is 16.4 Å². The summed E-state index contributed by atoms with van der Waals surface area (Å²) in [4.78, 5) is 39.6. The summed E-state index contributed by atoms with van der Waals surface area (Å²) in [6.07, 6.45) is 3.09. The van der Waals surface area contributed by atoms with Gasteiger partial charge in [0.25, 0.3) is 6.47 Å². The van der Waals surface area contributed by atoms with Crippen LogP contribution in [-0.2, 0) is 14.4 Å². The summed E-state index contributed by atoms with van der Waals surface area (Å²) in [5.41, 5.74) is 0.599. The summed E-state index contributed by atoms with van der Waals surface area (Å²) in [6.45, 7) is -0.250. The maximum atomic E-state index is 12.9. The summed E-state index contributed by atoms with van der Waals surface area (Å²) in [6, 6.07) is 3.70. The van der Waals surface area contributed by atoms with E-state index in [1.807, 2.05) is 14.1 Å². The molecule has 0 radical (unpaired) electrons. The number of amides is 2. The molecule has 1 aromatic rings. The number of aromatic nitrogens is 1. The van der Waals surface area contributed by atoms with Crippen LogP contribution in [0.1, 0.15) is 5.56 Å². The quantitative estimate of drug-likeness (QED) is 0.747. The van der Waals surface area contributed by atoms with E-state index in [0.717, 1.165) is 0 Å². The predicted molar refractivity (Wildman–Crippen MR) is 90.8 cm³/mol. The molecule has 8 nitrogen and oxygen atoms in total. The molecule has 138 valence electrons. The first-order valence-corrected chi connectivity index (χ1v) is 8.90. The van der Waals surface area contributed by atoms with Crippen LogP contribution in [0.5, 0.6) is 0 Å². The van der Waals surface area contributed by atoms with Gasteiger partial charge in [-0.1, -0.05) is 0 Å². The van der Waals surface area contributed by atoms with Crippen LogP contribution in [0.15, 0.2) is 18.5 Å². The summed E-state index contributed by atoms with van der Waals surface area (Å²) < 4.78 is 0. The molecule has 0 aromatic carbocycles. The van der Waals surface area contributed by atoms with E-state index in [0.29, 0.717) is 46.8 Å². The average molecular weight is 366 g/mol. The van der Waals surface area contributed by atoms with Gasteiger partial charge in [0, 0.05) is 20.3 Å². The lowest BCUT2D eigenvalue weighted by atomic mass is 8.92. The number of nitriles is 1. The fraction of sp³-hybridized carbons (Fsp3) is 0.526. The Morgan fingerprint density at radius 2 is 1.74 bits per heavy atom. The van der Waals surface area contributed by atoms with Gasteiger partial charge < -0.3 is 15.3 Å². The molecule has 0 aliphatic heterocycles. The highest BCUT2D eigenvalue weighted by atomic mass is 16.3. The van der Waals surface area contributed by atoms with Gasteiger partial charge >= 0.3 is 0 Å². The van der Waals surface area contributed by atoms with Crippen molar-refractivity contribution in [1.29, 1.82) is 5.26 Å². The van der Waals surface area contributed by atoms with Crippen molar-refractivity contribution in [3.05, 3.63) is 24.0 Å². The molecule has 6 aliphatic rings. The highest BCUT2D eigenvalue weighted by molar-refractivity contribution is 6.05. The number of nitrogens with one attached hydrogen (secondary N) is 1. The molecule has 6 aliphatic carbocycles. The molecule has 1 heterocycles. The Labute approximate surface area is 155 Å². The molecule has 6 saturated carbocycles. The Bertz CT molecular complexity index is 896. The highest BCUT2D eigenvalue weighted by Gasteiger charge is 3.12. The fourth-order valence-corrected chi connectivity index (χ4v) is 7.62. The summed E-state index contributed by atoms with van der Waals surface area (Å²) in [5.74, 6) is 2.80. The van der Waals surface area contributed by atoms with Crippen LogP contribution >= 0.6 is 0 Å². The molecule has 27 heavy (non-hydrogen) atoms. The van der Waals surface area contributed by atoms with E-state index < -0.39 is 0 Å². The molecule has 0 bridgehead atoms. The number of hydrogen-bond donors (Lipinski definition) is 2. The number of carboxylic acid groups (broad SMARTS) is 1. The van der Waals surface area contributed by atoms with Crippen molar-refractivity contribution < 1.29 is 19.5 Å². The van der Waals surface area contributed by atoms with E-state index in [9.17, 15) is 9.59 Å². The lowest BCUT2D eigenvalue weighted by Crippen LogP contribution is -3.12. The Hall–Kier alpha value is -2.95. The minimum Gasteiger partial charge on any atom is -0.483 e. The molecule has 8 heteroatoms. The molecule has 6 fully saturated rings. The fourth-order valence-electron chi connectivity index (χ4n) is 7.62. The van der Waals surface area contributed by atoms with Crippen molar-refractivity contribution >= 4 is 24.0 Å². The monoisotopic (exact) mass is 366 g/mol. The predicted octanol–water partition coefficient (Wildman–Crippen LogP) is 0.419. The molecule has 2 amide bonds. The van der Waals surface area contributed by atoms with E-state index in [1.54, 1.807) is 17.2 Å². The van der Waals surface area contributed by atoms with Crippen molar-refractivity contribution in [3.8, 4) is 6.07 Å². The van der Waals surface area contributed by atoms with Crippen molar-refractivity contribution in [3.63, 3.8) is 0 Å². The largest absolute Gasteiger partial charge is 0.483 e. The van der Waals surface area contributed by atoms with Crippen LogP contribution < -0.4 is 5.32 Å². The van der Waals surface area contributed by atoms with Gasteiger partial charge in [-0.15, -0.1) is 0 Å². The molecule has 7 rings (SSSR count). The normalized spacial score (nSPS) is 44.0. The maximum Gasteiger partial charge on any atom is 0.290 e. The van der Waals surface area contributed by atoms with Gasteiger partial charge in [0.1, 0.15) is 6.07 Å². The van der Waals surface area contributed by atoms with Crippen LogP contribution in [0.3, 0.4) is 0 Å². The zero-order valence-electron chi connectivity index (χ0n) is 14.8. The number of nitrogens with zero attached hydrogens (tertiary/aromatic N) is 3. The molecular weight excluding hydrogens is 348 g/mol. The van der Waals surface area contributed by atoms with E-state index in [1.165, 1.54) is 6.20 Å². The van der Waals surface area contributed by atoms with Gasteiger partial charge in [-0.25, -0.2) is 0 Å². The number of carbonyl (C=O) groups is 3. The number of anilines is 1. The topological polar surface area (TPSA) is 123 Å². The first kappa shape index (κ1) is 16.2. The highest BCUT2D eigenvalue weighted by Crippen LogP contribution is 3.10. The smallest absolute Gasteiger partial charge is 0.290 e. The van der Waals surface area contributed by atoms with Crippen LogP contribution in [0.4, 0.5) is 5.69 Å². The Balaban J connectivity index is 0.000000504. The van der Waals surface area contributed by atoms with E-state index >= 15 is 0 Å². The molecule has 0 atom stereocenters. The average Bonchev–Trinajstić information content (AvgIpc) is 2.67. The lowest BCUT2D eigenvalue weighted by molar-refractivity contribution is -0.624. The van der Waals surface area contributed by atoms with Gasteiger partial charge in [-0.3, -0.25) is 19.4 Å². The first-order chi connectivity index (χ1) is 12.9. The first-order valence-electron chi connectivity index (χ1n) is 8.90. The molecule has 0 saturated heterocycles. The third-order valence-corrected chi connectivity index (χ3v) is 7.99. The third-order valence-electron chi connectivity index (χ3n) is 7.99. The maximum absolute atomic E-state index is 12.9. The van der Waals surface area contributed by atoms with Gasteiger partial charge in [0.05, 0.1) is 28.3 Å².